The number of rotatable bonds is 9. The lowest BCUT2D eigenvalue weighted by Crippen LogP contribution is -2.33. The molecule has 0 radical (unpaired) electrons. The topological polar surface area (TPSA) is 73.9 Å². The van der Waals surface area contributed by atoms with Crippen LogP contribution in [0, 0.1) is 5.92 Å². The standard InChI is InChI=1S/C23H25NO5/c1-27-19-12-8-16(14-20(19)28-2)9-13-22(26)29-15-21(25)24-23(18-10-11-18)17-6-4-3-5-7-17/h3-9,12-14,18,23H,10-11,15H2,1-2H3,(H,24,25)/b13-9+. The molecule has 1 amide bonds. The monoisotopic (exact) mass is 395 g/mol. The molecule has 152 valence electrons. The van der Waals surface area contributed by atoms with Crippen LogP contribution in [0.4, 0.5) is 0 Å². The van der Waals surface area contributed by atoms with Crippen molar-refractivity contribution in [2.24, 2.45) is 5.92 Å². The summed E-state index contributed by atoms with van der Waals surface area (Å²) in [6, 6.07) is 15.1. The minimum Gasteiger partial charge on any atom is -0.493 e. The van der Waals surface area contributed by atoms with Crippen LogP contribution in [0.2, 0.25) is 0 Å². The van der Waals surface area contributed by atoms with Gasteiger partial charge in [-0.05, 0) is 48.1 Å². The molecule has 2 aromatic carbocycles. The minimum atomic E-state index is -0.586. The summed E-state index contributed by atoms with van der Waals surface area (Å²) in [5.74, 6) is 0.722. The van der Waals surface area contributed by atoms with Crippen molar-refractivity contribution in [3.63, 3.8) is 0 Å². The molecule has 1 fully saturated rings. The van der Waals surface area contributed by atoms with E-state index in [-0.39, 0.29) is 18.6 Å². The Morgan fingerprint density at radius 2 is 1.79 bits per heavy atom. The molecule has 1 atom stereocenters. The van der Waals surface area contributed by atoms with Crippen LogP contribution in [0.3, 0.4) is 0 Å². The Morgan fingerprint density at radius 1 is 1.07 bits per heavy atom. The first-order valence-electron chi connectivity index (χ1n) is 9.52. The SMILES string of the molecule is COc1ccc(/C=C/C(=O)OCC(=O)NC(c2ccccc2)C2CC2)cc1OC. The zero-order valence-corrected chi connectivity index (χ0v) is 16.6. The summed E-state index contributed by atoms with van der Waals surface area (Å²) in [4.78, 5) is 24.2. The number of ether oxygens (including phenoxy) is 3. The van der Waals surface area contributed by atoms with Gasteiger partial charge in [0.1, 0.15) is 0 Å². The van der Waals surface area contributed by atoms with Gasteiger partial charge in [-0.25, -0.2) is 4.79 Å². The maximum Gasteiger partial charge on any atom is 0.331 e. The van der Waals surface area contributed by atoms with Crippen molar-refractivity contribution in [3.8, 4) is 11.5 Å². The van der Waals surface area contributed by atoms with Gasteiger partial charge >= 0.3 is 5.97 Å². The number of benzene rings is 2. The Kier molecular flexibility index (Phi) is 6.89. The smallest absolute Gasteiger partial charge is 0.331 e. The van der Waals surface area contributed by atoms with Crippen molar-refractivity contribution >= 4 is 18.0 Å². The van der Waals surface area contributed by atoms with Gasteiger partial charge in [-0.15, -0.1) is 0 Å². The van der Waals surface area contributed by atoms with Crippen LogP contribution in [-0.4, -0.2) is 32.7 Å². The van der Waals surface area contributed by atoms with Gasteiger partial charge < -0.3 is 19.5 Å². The molecule has 1 aliphatic carbocycles. The molecule has 6 nitrogen and oxygen atoms in total. The van der Waals surface area contributed by atoms with Crippen LogP contribution in [0.1, 0.15) is 30.0 Å². The van der Waals surface area contributed by atoms with Gasteiger partial charge in [0.25, 0.3) is 5.91 Å². The number of methoxy groups -OCH3 is 2. The zero-order valence-electron chi connectivity index (χ0n) is 16.6. The van der Waals surface area contributed by atoms with E-state index in [9.17, 15) is 9.59 Å². The van der Waals surface area contributed by atoms with Crippen molar-refractivity contribution in [1.82, 2.24) is 5.32 Å². The second-order valence-electron chi connectivity index (χ2n) is 6.85. The zero-order chi connectivity index (χ0) is 20.6. The van der Waals surface area contributed by atoms with Crippen LogP contribution < -0.4 is 14.8 Å². The van der Waals surface area contributed by atoms with Gasteiger partial charge in [0.05, 0.1) is 20.3 Å². The molecule has 0 bridgehead atoms. The summed E-state index contributed by atoms with van der Waals surface area (Å²) in [5.41, 5.74) is 1.82. The molecule has 0 aromatic heterocycles. The number of carbonyl (C=O) groups is 2. The number of hydrogen-bond donors (Lipinski definition) is 1. The maximum atomic E-state index is 12.2. The van der Waals surface area contributed by atoms with E-state index < -0.39 is 5.97 Å². The van der Waals surface area contributed by atoms with Crippen LogP contribution >= 0.6 is 0 Å². The molecule has 0 saturated heterocycles. The van der Waals surface area contributed by atoms with E-state index in [1.54, 1.807) is 38.5 Å². The molecule has 0 aliphatic heterocycles. The Balaban J connectivity index is 1.51. The lowest BCUT2D eigenvalue weighted by molar-refractivity contribution is -0.144. The number of nitrogens with one attached hydrogen (secondary N) is 1. The van der Waals surface area contributed by atoms with E-state index in [2.05, 4.69) is 5.32 Å². The van der Waals surface area contributed by atoms with Gasteiger partial charge in [0, 0.05) is 6.08 Å². The summed E-state index contributed by atoms with van der Waals surface area (Å²) in [7, 11) is 3.10. The highest BCUT2D eigenvalue weighted by atomic mass is 16.5. The normalized spacial score (nSPS) is 14.3. The fraction of sp³-hybridized carbons (Fsp3) is 0.304. The van der Waals surface area contributed by atoms with Gasteiger partial charge in [0.2, 0.25) is 0 Å². The molecule has 0 heterocycles. The first kappa shape index (κ1) is 20.5. The van der Waals surface area contributed by atoms with Crippen molar-refractivity contribution < 1.29 is 23.8 Å². The molecule has 0 spiro atoms. The summed E-state index contributed by atoms with van der Waals surface area (Å²) < 4.78 is 15.5. The fourth-order valence-electron chi connectivity index (χ4n) is 3.08. The predicted molar refractivity (Wildman–Crippen MR) is 110 cm³/mol. The van der Waals surface area contributed by atoms with E-state index in [0.717, 1.165) is 24.0 Å². The fourth-order valence-corrected chi connectivity index (χ4v) is 3.08. The highest BCUT2D eigenvalue weighted by molar-refractivity contribution is 5.89. The number of amides is 1. The molecule has 2 aromatic rings. The van der Waals surface area contributed by atoms with Crippen LogP contribution in [0.5, 0.6) is 11.5 Å². The molecule has 1 N–H and O–H groups in total. The van der Waals surface area contributed by atoms with Gasteiger partial charge in [-0.3, -0.25) is 4.79 Å². The third-order valence-electron chi connectivity index (χ3n) is 4.73. The third-order valence-corrected chi connectivity index (χ3v) is 4.73. The Bertz CT molecular complexity index is 874. The predicted octanol–water partition coefficient (Wildman–Crippen LogP) is 3.53. The van der Waals surface area contributed by atoms with Crippen molar-refractivity contribution in [2.45, 2.75) is 18.9 Å². The van der Waals surface area contributed by atoms with Crippen LogP contribution in [0.25, 0.3) is 6.08 Å². The van der Waals surface area contributed by atoms with Crippen molar-refractivity contribution in [2.75, 3.05) is 20.8 Å². The van der Waals surface area contributed by atoms with Crippen molar-refractivity contribution in [3.05, 3.63) is 65.7 Å². The van der Waals surface area contributed by atoms with Gasteiger partial charge in [-0.2, -0.15) is 0 Å². The quantitative estimate of drug-likeness (QED) is 0.519. The molecule has 1 saturated carbocycles. The first-order valence-corrected chi connectivity index (χ1v) is 9.52. The highest BCUT2D eigenvalue weighted by Gasteiger charge is 2.33. The Labute approximate surface area is 170 Å². The number of hydrogen-bond acceptors (Lipinski definition) is 5. The Hall–Kier alpha value is -3.28. The maximum absolute atomic E-state index is 12.2. The molecule has 6 heteroatoms. The highest BCUT2D eigenvalue weighted by Crippen LogP contribution is 2.40. The van der Waals surface area contributed by atoms with Crippen LogP contribution in [0.15, 0.2) is 54.6 Å². The first-order chi connectivity index (χ1) is 14.1. The molecule has 3 rings (SSSR count). The molecular weight excluding hydrogens is 370 g/mol. The van der Waals surface area contributed by atoms with E-state index in [1.165, 1.54) is 6.08 Å². The molecular formula is C23H25NO5. The van der Waals surface area contributed by atoms with Gasteiger partial charge in [0.15, 0.2) is 18.1 Å². The largest absolute Gasteiger partial charge is 0.493 e. The van der Waals surface area contributed by atoms with E-state index >= 15 is 0 Å². The second-order valence-corrected chi connectivity index (χ2v) is 6.85. The summed E-state index contributed by atoms with van der Waals surface area (Å²) in [6.07, 6.45) is 5.06. The third kappa shape index (κ3) is 5.85. The van der Waals surface area contributed by atoms with E-state index in [4.69, 9.17) is 14.2 Å². The van der Waals surface area contributed by atoms with Gasteiger partial charge in [-0.1, -0.05) is 36.4 Å². The average Bonchev–Trinajstić information content (AvgIpc) is 3.60. The summed E-state index contributed by atoms with van der Waals surface area (Å²) >= 11 is 0. The number of esters is 1. The summed E-state index contributed by atoms with van der Waals surface area (Å²) in [6.45, 7) is -0.314. The lowest BCUT2D eigenvalue weighted by atomic mass is 10.0. The molecule has 1 unspecified atom stereocenters. The van der Waals surface area contributed by atoms with Crippen molar-refractivity contribution in [1.29, 1.82) is 0 Å². The lowest BCUT2D eigenvalue weighted by Gasteiger charge is -2.18. The number of carbonyl (C=O) groups excluding carboxylic acids is 2. The molecule has 1 aliphatic rings. The summed E-state index contributed by atoms with van der Waals surface area (Å²) in [5, 5.41) is 2.98. The average molecular weight is 395 g/mol. The minimum absolute atomic E-state index is 0.0373. The Morgan fingerprint density at radius 3 is 2.45 bits per heavy atom. The second kappa shape index (κ2) is 9.78. The van der Waals surface area contributed by atoms with E-state index in [0.29, 0.717) is 17.4 Å². The van der Waals surface area contributed by atoms with Crippen LogP contribution in [-0.2, 0) is 14.3 Å². The van der Waals surface area contributed by atoms with E-state index in [1.807, 2.05) is 30.3 Å². The molecule has 29 heavy (non-hydrogen) atoms.